The summed E-state index contributed by atoms with van der Waals surface area (Å²) in [7, 11) is -3.21. The lowest BCUT2D eigenvalue weighted by molar-refractivity contribution is 0.607. The summed E-state index contributed by atoms with van der Waals surface area (Å²) in [5, 5.41) is 3.33. The Kier molecular flexibility index (Phi) is 5.22. The quantitative estimate of drug-likeness (QED) is 0.773. The molecule has 0 aromatic heterocycles. The SMILES string of the molecule is CS(=O)(=O)Nc1ccc(NCCCc2ccccc2)cc1. The molecule has 0 amide bonds. The predicted octanol–water partition coefficient (Wildman–Crippen LogP) is 3.10. The highest BCUT2D eigenvalue weighted by Gasteiger charge is 2.01. The van der Waals surface area contributed by atoms with E-state index in [1.165, 1.54) is 5.56 Å². The number of sulfonamides is 1. The molecule has 0 unspecified atom stereocenters. The second-order valence-electron chi connectivity index (χ2n) is 4.97. The van der Waals surface area contributed by atoms with Gasteiger partial charge in [0.25, 0.3) is 0 Å². The highest BCUT2D eigenvalue weighted by atomic mass is 32.2. The molecule has 0 aliphatic rings. The third-order valence-electron chi connectivity index (χ3n) is 3.00. The van der Waals surface area contributed by atoms with Gasteiger partial charge in [-0.1, -0.05) is 30.3 Å². The van der Waals surface area contributed by atoms with Gasteiger partial charge in [0.2, 0.25) is 10.0 Å². The third-order valence-corrected chi connectivity index (χ3v) is 3.61. The maximum atomic E-state index is 11.1. The molecule has 112 valence electrons. The Bertz CT molecular complexity index is 652. The van der Waals surface area contributed by atoms with Gasteiger partial charge >= 0.3 is 0 Å². The summed E-state index contributed by atoms with van der Waals surface area (Å²) in [5.74, 6) is 0. The zero-order valence-electron chi connectivity index (χ0n) is 12.0. The molecule has 0 saturated heterocycles. The van der Waals surface area contributed by atoms with Crippen LogP contribution in [-0.2, 0) is 16.4 Å². The lowest BCUT2D eigenvalue weighted by atomic mass is 10.1. The third kappa shape index (κ3) is 5.87. The summed E-state index contributed by atoms with van der Waals surface area (Å²) in [6, 6.07) is 17.6. The van der Waals surface area contributed by atoms with E-state index in [2.05, 4.69) is 34.3 Å². The molecule has 2 N–H and O–H groups in total. The number of hydrogen-bond acceptors (Lipinski definition) is 3. The maximum Gasteiger partial charge on any atom is 0.229 e. The van der Waals surface area contributed by atoms with E-state index in [0.717, 1.165) is 31.3 Å². The first-order valence-corrected chi connectivity index (χ1v) is 8.78. The summed E-state index contributed by atoms with van der Waals surface area (Å²) < 4.78 is 24.7. The van der Waals surface area contributed by atoms with Crippen molar-refractivity contribution in [2.75, 3.05) is 22.8 Å². The van der Waals surface area contributed by atoms with E-state index in [-0.39, 0.29) is 0 Å². The fraction of sp³-hybridized carbons (Fsp3) is 0.250. The molecule has 0 aliphatic carbocycles. The van der Waals surface area contributed by atoms with Crippen molar-refractivity contribution in [3.8, 4) is 0 Å². The standard InChI is InChI=1S/C16H20N2O2S/c1-21(19,20)18-16-11-9-15(10-12-16)17-13-5-8-14-6-3-2-4-7-14/h2-4,6-7,9-12,17-18H,5,8,13H2,1H3. The average Bonchev–Trinajstić information content (AvgIpc) is 2.45. The van der Waals surface area contributed by atoms with Crippen molar-refractivity contribution >= 4 is 21.4 Å². The van der Waals surface area contributed by atoms with Crippen LogP contribution in [0.25, 0.3) is 0 Å². The Labute approximate surface area is 126 Å². The summed E-state index contributed by atoms with van der Waals surface area (Å²) in [6.07, 6.45) is 3.23. The lowest BCUT2D eigenvalue weighted by Crippen LogP contribution is -2.09. The van der Waals surface area contributed by atoms with Crippen LogP contribution in [0.4, 0.5) is 11.4 Å². The van der Waals surface area contributed by atoms with E-state index in [4.69, 9.17) is 0 Å². The van der Waals surface area contributed by atoms with Crippen LogP contribution in [0.3, 0.4) is 0 Å². The van der Waals surface area contributed by atoms with Crippen LogP contribution in [0.15, 0.2) is 54.6 Å². The molecule has 2 aromatic carbocycles. The van der Waals surface area contributed by atoms with Crippen molar-refractivity contribution < 1.29 is 8.42 Å². The topological polar surface area (TPSA) is 58.2 Å². The van der Waals surface area contributed by atoms with Crippen LogP contribution >= 0.6 is 0 Å². The van der Waals surface area contributed by atoms with Crippen molar-refractivity contribution in [2.45, 2.75) is 12.8 Å². The Morgan fingerprint density at radius 3 is 2.14 bits per heavy atom. The van der Waals surface area contributed by atoms with Gasteiger partial charge in [-0.2, -0.15) is 0 Å². The second-order valence-corrected chi connectivity index (χ2v) is 6.72. The predicted molar refractivity (Wildman–Crippen MR) is 88.2 cm³/mol. The van der Waals surface area contributed by atoms with E-state index in [0.29, 0.717) is 5.69 Å². The zero-order chi connectivity index (χ0) is 15.1. The van der Waals surface area contributed by atoms with Gasteiger partial charge in [0, 0.05) is 17.9 Å². The molecule has 0 radical (unpaired) electrons. The zero-order valence-corrected chi connectivity index (χ0v) is 12.9. The van der Waals surface area contributed by atoms with Gasteiger partial charge in [-0.15, -0.1) is 0 Å². The number of rotatable bonds is 7. The Balaban J connectivity index is 1.76. The van der Waals surface area contributed by atoms with Gasteiger partial charge in [0.05, 0.1) is 6.26 Å². The first-order chi connectivity index (χ1) is 10.0. The molecular formula is C16H20N2O2S. The minimum absolute atomic E-state index is 0.576. The van der Waals surface area contributed by atoms with Crippen LogP contribution in [-0.4, -0.2) is 21.2 Å². The van der Waals surface area contributed by atoms with Gasteiger partial charge in [-0.25, -0.2) is 8.42 Å². The fourth-order valence-electron chi connectivity index (χ4n) is 2.04. The highest BCUT2D eigenvalue weighted by molar-refractivity contribution is 7.92. The van der Waals surface area contributed by atoms with Crippen molar-refractivity contribution in [3.05, 3.63) is 60.2 Å². The van der Waals surface area contributed by atoms with Gasteiger partial charge in [-0.3, -0.25) is 4.72 Å². The van der Waals surface area contributed by atoms with E-state index >= 15 is 0 Å². The van der Waals surface area contributed by atoms with Crippen LogP contribution in [0, 0.1) is 0 Å². The Morgan fingerprint density at radius 1 is 0.905 bits per heavy atom. The van der Waals surface area contributed by atoms with Gasteiger partial charge in [0.15, 0.2) is 0 Å². The lowest BCUT2D eigenvalue weighted by Gasteiger charge is -2.08. The minimum atomic E-state index is -3.21. The number of anilines is 2. The van der Waals surface area contributed by atoms with Crippen LogP contribution in [0.5, 0.6) is 0 Å². The average molecular weight is 304 g/mol. The van der Waals surface area contributed by atoms with Gasteiger partial charge < -0.3 is 5.32 Å². The molecule has 5 heteroatoms. The number of nitrogens with one attached hydrogen (secondary N) is 2. The first kappa shape index (κ1) is 15.4. The second kappa shape index (κ2) is 7.13. The molecule has 0 fully saturated rings. The monoisotopic (exact) mass is 304 g/mol. The van der Waals surface area contributed by atoms with Crippen molar-refractivity contribution in [1.29, 1.82) is 0 Å². The molecule has 0 spiro atoms. The largest absolute Gasteiger partial charge is 0.385 e. The first-order valence-electron chi connectivity index (χ1n) is 6.88. The van der Waals surface area contributed by atoms with E-state index in [1.54, 1.807) is 12.1 Å². The normalized spacial score (nSPS) is 11.1. The summed E-state index contributed by atoms with van der Waals surface area (Å²) in [4.78, 5) is 0. The molecule has 0 atom stereocenters. The molecule has 2 rings (SSSR count). The minimum Gasteiger partial charge on any atom is -0.385 e. The maximum absolute atomic E-state index is 11.1. The molecule has 2 aromatic rings. The Hall–Kier alpha value is -2.01. The Morgan fingerprint density at radius 2 is 1.52 bits per heavy atom. The van der Waals surface area contributed by atoms with E-state index < -0.39 is 10.0 Å². The summed E-state index contributed by atoms with van der Waals surface area (Å²) >= 11 is 0. The van der Waals surface area contributed by atoms with Gasteiger partial charge in [-0.05, 0) is 42.7 Å². The van der Waals surface area contributed by atoms with Crippen LogP contribution in [0.2, 0.25) is 0 Å². The summed E-state index contributed by atoms with van der Waals surface area (Å²) in [5.41, 5.74) is 2.90. The molecule has 0 bridgehead atoms. The number of aryl methyl sites for hydroxylation is 1. The van der Waals surface area contributed by atoms with E-state index in [1.807, 2.05) is 18.2 Å². The molecule has 4 nitrogen and oxygen atoms in total. The van der Waals surface area contributed by atoms with E-state index in [9.17, 15) is 8.42 Å². The molecule has 0 aliphatic heterocycles. The number of benzene rings is 2. The molecular weight excluding hydrogens is 284 g/mol. The van der Waals surface area contributed by atoms with Crippen molar-refractivity contribution in [2.24, 2.45) is 0 Å². The summed E-state index contributed by atoms with van der Waals surface area (Å²) in [6.45, 7) is 0.883. The van der Waals surface area contributed by atoms with Crippen molar-refractivity contribution in [3.63, 3.8) is 0 Å². The van der Waals surface area contributed by atoms with Crippen LogP contribution < -0.4 is 10.0 Å². The van der Waals surface area contributed by atoms with Crippen molar-refractivity contribution in [1.82, 2.24) is 0 Å². The molecule has 0 heterocycles. The highest BCUT2D eigenvalue weighted by Crippen LogP contribution is 2.14. The molecule has 21 heavy (non-hydrogen) atoms. The fourth-order valence-corrected chi connectivity index (χ4v) is 2.60. The number of hydrogen-bond donors (Lipinski definition) is 2. The smallest absolute Gasteiger partial charge is 0.229 e. The van der Waals surface area contributed by atoms with Gasteiger partial charge in [0.1, 0.15) is 0 Å². The van der Waals surface area contributed by atoms with Crippen LogP contribution in [0.1, 0.15) is 12.0 Å². The molecule has 0 saturated carbocycles.